The van der Waals surface area contributed by atoms with Gasteiger partial charge in [-0.15, -0.1) is 9.05 Å². The first-order valence-corrected chi connectivity index (χ1v) is 11.5. The van der Waals surface area contributed by atoms with E-state index in [1.54, 1.807) is 0 Å². The van der Waals surface area contributed by atoms with E-state index in [9.17, 15) is 31.7 Å². The van der Waals surface area contributed by atoms with Crippen LogP contribution in [0.25, 0.3) is 0 Å². The molecule has 2 atom stereocenters. The van der Waals surface area contributed by atoms with Crippen LogP contribution in [0.1, 0.15) is 66.2 Å². The molecule has 0 N–H and O–H groups in total. The van der Waals surface area contributed by atoms with E-state index < -0.39 is 54.7 Å². The maximum absolute atomic E-state index is 14.7. The molecule has 0 aliphatic heterocycles. The average molecular weight is 481 g/mol. The van der Waals surface area contributed by atoms with E-state index in [1.807, 2.05) is 0 Å². The Morgan fingerprint density at radius 1 is 0.812 bits per heavy atom. The molecule has 2 aliphatic rings. The standard InChI is InChI=1S/C22H30F4O5P/c1-13-7-9-15(11-13)21(23,24)17(27)19(3,4)30-32(29)31-20(5,6)18(28)22(25,26)16-10-8-14(2)12-16/h15-16H,1-2,7-12H2,3-6H3/q+1/t15-,16-/m0/s1. The van der Waals surface area contributed by atoms with Crippen molar-refractivity contribution in [3.63, 3.8) is 0 Å². The summed E-state index contributed by atoms with van der Waals surface area (Å²) in [6, 6.07) is 0. The lowest BCUT2D eigenvalue weighted by molar-refractivity contribution is -0.169. The Kier molecular flexibility index (Phi) is 7.60. The monoisotopic (exact) mass is 481 g/mol. The number of Topliss-reactive ketones (excluding diaryl/α,β-unsaturated/α-hetero) is 2. The lowest BCUT2D eigenvalue weighted by atomic mass is 9.88. The van der Waals surface area contributed by atoms with Crippen LogP contribution in [0.3, 0.4) is 0 Å². The van der Waals surface area contributed by atoms with E-state index >= 15 is 0 Å². The molecular formula is C22H30F4O5P+. The van der Waals surface area contributed by atoms with Gasteiger partial charge in [0.1, 0.15) is 0 Å². The summed E-state index contributed by atoms with van der Waals surface area (Å²) >= 11 is 0. The second kappa shape index (κ2) is 9.07. The molecule has 0 heterocycles. The van der Waals surface area contributed by atoms with Crippen molar-refractivity contribution in [1.82, 2.24) is 0 Å². The predicted octanol–water partition coefficient (Wildman–Crippen LogP) is 6.36. The number of carbonyl (C=O) groups is 2. The van der Waals surface area contributed by atoms with Crippen LogP contribution in [0.15, 0.2) is 24.3 Å². The molecule has 0 aromatic heterocycles. The summed E-state index contributed by atoms with van der Waals surface area (Å²) in [6.07, 6.45) is 0.903. The zero-order valence-corrected chi connectivity index (χ0v) is 19.7. The lowest BCUT2D eigenvalue weighted by Gasteiger charge is -2.28. The van der Waals surface area contributed by atoms with Crippen molar-refractivity contribution in [2.24, 2.45) is 11.8 Å². The fourth-order valence-corrected chi connectivity index (χ4v) is 5.08. The highest BCUT2D eigenvalue weighted by Crippen LogP contribution is 2.47. The summed E-state index contributed by atoms with van der Waals surface area (Å²) in [5.41, 5.74) is -3.26. The van der Waals surface area contributed by atoms with Crippen molar-refractivity contribution in [3.8, 4) is 0 Å². The van der Waals surface area contributed by atoms with E-state index in [2.05, 4.69) is 13.2 Å². The van der Waals surface area contributed by atoms with Crippen LogP contribution in [-0.2, 0) is 23.2 Å². The Labute approximate surface area is 186 Å². The number of rotatable bonds is 10. The Bertz CT molecular complexity index is 768. The normalized spacial score (nSPS) is 23.0. The van der Waals surface area contributed by atoms with E-state index in [0.717, 1.165) is 27.7 Å². The molecule has 0 bridgehead atoms. The fraction of sp³-hybridized carbons (Fsp3) is 0.727. The Hall–Kier alpha value is -1.44. The summed E-state index contributed by atoms with van der Waals surface area (Å²) in [5.74, 6) is -13.2. The molecule has 2 rings (SSSR count). The zero-order chi connectivity index (χ0) is 24.7. The van der Waals surface area contributed by atoms with Crippen molar-refractivity contribution in [3.05, 3.63) is 24.3 Å². The predicted molar refractivity (Wildman–Crippen MR) is 111 cm³/mol. The van der Waals surface area contributed by atoms with Gasteiger partial charge in [0.25, 0.3) is 0 Å². The molecule has 0 aromatic carbocycles. The number of ketones is 2. The van der Waals surface area contributed by atoms with E-state index in [0.29, 0.717) is 24.0 Å². The van der Waals surface area contributed by atoms with Gasteiger partial charge in [-0.25, -0.2) is 0 Å². The van der Waals surface area contributed by atoms with Crippen LogP contribution in [0.4, 0.5) is 17.6 Å². The number of allylic oxidation sites excluding steroid dienone is 2. The third kappa shape index (κ3) is 5.54. The van der Waals surface area contributed by atoms with Crippen molar-refractivity contribution < 1.29 is 40.8 Å². The second-order valence-corrected chi connectivity index (χ2v) is 10.5. The van der Waals surface area contributed by atoms with Gasteiger partial charge in [-0.05, 0) is 66.2 Å². The third-order valence-electron chi connectivity index (χ3n) is 6.09. The number of alkyl halides is 4. The molecule has 0 unspecified atom stereocenters. The SMILES string of the molecule is C=C1CC[C@H](C(F)(F)C(=O)C(C)(C)O[P+](=O)OC(C)(C)C(=O)C(F)(F)[C@H]2CCC(=C)C2)C1. The quantitative estimate of drug-likeness (QED) is 0.206. The Balaban J connectivity index is 2.07. The molecule has 2 fully saturated rings. The van der Waals surface area contributed by atoms with Gasteiger partial charge >= 0.3 is 20.1 Å². The molecule has 0 amide bonds. The van der Waals surface area contributed by atoms with Crippen LogP contribution in [0.2, 0.25) is 0 Å². The second-order valence-electron chi connectivity index (χ2n) is 9.71. The number of carbonyl (C=O) groups excluding carboxylic acids is 2. The summed E-state index contributed by atoms with van der Waals surface area (Å²) in [5, 5.41) is 0. The van der Waals surface area contributed by atoms with Gasteiger partial charge < -0.3 is 0 Å². The van der Waals surface area contributed by atoms with E-state index in [-0.39, 0.29) is 25.7 Å². The van der Waals surface area contributed by atoms with Gasteiger partial charge in [-0.1, -0.05) is 24.3 Å². The molecule has 0 saturated heterocycles. The lowest BCUT2D eigenvalue weighted by Crippen LogP contribution is -2.50. The van der Waals surface area contributed by atoms with Crippen LogP contribution in [0, 0.1) is 11.8 Å². The van der Waals surface area contributed by atoms with Crippen molar-refractivity contribution >= 4 is 19.8 Å². The fourth-order valence-electron chi connectivity index (χ4n) is 4.13. The Morgan fingerprint density at radius 3 is 1.38 bits per heavy atom. The average Bonchev–Trinajstić information content (AvgIpc) is 3.28. The smallest absolute Gasteiger partial charge is 0.289 e. The van der Waals surface area contributed by atoms with Crippen LogP contribution in [0.5, 0.6) is 0 Å². The first kappa shape index (κ1) is 26.8. The zero-order valence-electron chi connectivity index (χ0n) is 18.8. The highest BCUT2D eigenvalue weighted by atomic mass is 31.1. The van der Waals surface area contributed by atoms with Gasteiger partial charge in [-0.3, -0.25) is 9.59 Å². The molecule has 0 aromatic rings. The van der Waals surface area contributed by atoms with E-state index in [1.165, 1.54) is 0 Å². The highest BCUT2D eigenvalue weighted by molar-refractivity contribution is 7.33. The van der Waals surface area contributed by atoms with E-state index in [4.69, 9.17) is 9.05 Å². The summed E-state index contributed by atoms with van der Waals surface area (Å²) in [6.45, 7) is 11.3. The molecular weight excluding hydrogens is 451 g/mol. The maximum Gasteiger partial charge on any atom is 0.699 e. The minimum Gasteiger partial charge on any atom is -0.289 e. The third-order valence-corrected chi connectivity index (χ3v) is 7.30. The van der Waals surface area contributed by atoms with Crippen molar-refractivity contribution in [2.75, 3.05) is 0 Å². The van der Waals surface area contributed by atoms with Crippen molar-refractivity contribution in [1.29, 1.82) is 0 Å². The van der Waals surface area contributed by atoms with Crippen LogP contribution < -0.4 is 0 Å². The highest BCUT2D eigenvalue weighted by Gasteiger charge is 2.60. The number of hydrogen-bond acceptors (Lipinski definition) is 5. The molecule has 32 heavy (non-hydrogen) atoms. The molecule has 10 heteroatoms. The van der Waals surface area contributed by atoms with Crippen molar-refractivity contribution in [2.45, 2.75) is 89.3 Å². The molecule has 2 saturated carbocycles. The summed E-state index contributed by atoms with van der Waals surface area (Å²) in [7, 11) is -3.35. The molecule has 2 aliphatic carbocycles. The first-order chi connectivity index (χ1) is 14.4. The minimum absolute atomic E-state index is 0.0122. The molecule has 0 radical (unpaired) electrons. The summed E-state index contributed by atoms with van der Waals surface area (Å²) < 4.78 is 81.0. The summed E-state index contributed by atoms with van der Waals surface area (Å²) in [4.78, 5) is 25.0. The topological polar surface area (TPSA) is 69.7 Å². The van der Waals surface area contributed by atoms with Gasteiger partial charge in [0, 0.05) is 16.4 Å². The molecule has 180 valence electrons. The van der Waals surface area contributed by atoms with Crippen LogP contribution in [-0.4, -0.2) is 34.6 Å². The number of halogens is 4. The first-order valence-electron chi connectivity index (χ1n) is 10.5. The van der Waals surface area contributed by atoms with Gasteiger partial charge in [0.05, 0.1) is 0 Å². The maximum atomic E-state index is 14.7. The molecule has 0 spiro atoms. The van der Waals surface area contributed by atoms with Gasteiger partial charge in [0.2, 0.25) is 11.6 Å². The Morgan fingerprint density at radius 2 is 1.12 bits per heavy atom. The largest absolute Gasteiger partial charge is 0.699 e. The molecule has 5 nitrogen and oxygen atoms in total. The van der Waals surface area contributed by atoms with Gasteiger partial charge in [-0.2, -0.15) is 17.6 Å². The number of hydrogen-bond donors (Lipinski definition) is 0. The van der Waals surface area contributed by atoms with Crippen LogP contribution >= 0.6 is 8.25 Å². The minimum atomic E-state index is -3.76. The van der Waals surface area contributed by atoms with Gasteiger partial charge in [0.15, 0.2) is 11.2 Å².